The Balaban J connectivity index is 1.55. The van der Waals surface area contributed by atoms with Crippen molar-refractivity contribution < 1.29 is 4.79 Å². The van der Waals surface area contributed by atoms with Crippen molar-refractivity contribution in [1.82, 2.24) is 15.5 Å². The quantitative estimate of drug-likeness (QED) is 0.638. The van der Waals surface area contributed by atoms with E-state index in [1.165, 1.54) is 4.88 Å². The lowest BCUT2D eigenvalue weighted by Crippen LogP contribution is -2.38. The maximum Gasteiger partial charge on any atom is 0.232 e. The molecular weight excluding hydrogens is 334 g/mol. The van der Waals surface area contributed by atoms with Crippen LogP contribution in [0.1, 0.15) is 30.2 Å². The van der Waals surface area contributed by atoms with Crippen LogP contribution in [0.2, 0.25) is 0 Å². The second-order valence-electron chi connectivity index (χ2n) is 6.13. The van der Waals surface area contributed by atoms with Crippen LogP contribution >= 0.6 is 34.4 Å². The third kappa shape index (κ3) is 2.81. The lowest BCUT2D eigenvalue weighted by molar-refractivity contribution is -0.124. The van der Waals surface area contributed by atoms with E-state index in [0.29, 0.717) is 6.54 Å². The molecular formula is C15H19N3OS3. The molecule has 22 heavy (non-hydrogen) atoms. The molecule has 7 heteroatoms. The fraction of sp³-hybridized carbons (Fsp3) is 0.533. The highest BCUT2D eigenvalue weighted by molar-refractivity contribution is 8.01. The van der Waals surface area contributed by atoms with Gasteiger partial charge in [-0.2, -0.15) is 0 Å². The number of carbonyl (C=O) groups excluding carboxylic acids is 1. The molecule has 1 fully saturated rings. The van der Waals surface area contributed by atoms with Gasteiger partial charge in [-0.1, -0.05) is 43.0 Å². The van der Waals surface area contributed by atoms with Crippen LogP contribution in [0, 0.1) is 12.3 Å². The Hall–Kier alpha value is -0.920. The van der Waals surface area contributed by atoms with Crippen molar-refractivity contribution in [3.05, 3.63) is 27.4 Å². The second kappa shape index (κ2) is 5.94. The van der Waals surface area contributed by atoms with Gasteiger partial charge in [-0.25, -0.2) is 0 Å². The summed E-state index contributed by atoms with van der Waals surface area (Å²) >= 11 is 4.92. The predicted molar refractivity (Wildman–Crippen MR) is 92.8 cm³/mol. The van der Waals surface area contributed by atoms with Gasteiger partial charge in [0.1, 0.15) is 5.01 Å². The van der Waals surface area contributed by atoms with Gasteiger partial charge in [0.05, 0.1) is 5.41 Å². The molecule has 1 atom stereocenters. The molecule has 0 aliphatic heterocycles. The zero-order valence-corrected chi connectivity index (χ0v) is 15.3. The molecule has 2 heterocycles. The molecule has 0 radical (unpaired) electrons. The molecule has 0 bridgehead atoms. The van der Waals surface area contributed by atoms with Gasteiger partial charge in [0.25, 0.3) is 0 Å². The average molecular weight is 354 g/mol. The zero-order chi connectivity index (χ0) is 15.8. The maximum atomic E-state index is 12.7. The van der Waals surface area contributed by atoms with Crippen LogP contribution in [0.5, 0.6) is 0 Å². The molecule has 3 rings (SSSR count). The number of thiophene rings is 1. The summed E-state index contributed by atoms with van der Waals surface area (Å²) in [6.45, 7) is 6.95. The summed E-state index contributed by atoms with van der Waals surface area (Å²) in [5, 5.41) is 14.2. The van der Waals surface area contributed by atoms with Gasteiger partial charge >= 0.3 is 0 Å². The van der Waals surface area contributed by atoms with Crippen molar-refractivity contribution in [1.29, 1.82) is 0 Å². The number of nitrogens with zero attached hydrogens (tertiary/aromatic N) is 2. The lowest BCUT2D eigenvalue weighted by atomic mass is 9.93. The van der Waals surface area contributed by atoms with Crippen molar-refractivity contribution in [2.45, 2.75) is 36.9 Å². The molecule has 0 aromatic carbocycles. The Kier molecular flexibility index (Phi) is 4.31. The number of hydrogen-bond acceptors (Lipinski definition) is 6. The molecule has 1 aliphatic carbocycles. The minimum Gasteiger partial charge on any atom is -0.354 e. The maximum absolute atomic E-state index is 12.7. The molecule has 118 valence electrons. The van der Waals surface area contributed by atoms with E-state index >= 15 is 0 Å². The van der Waals surface area contributed by atoms with Crippen LogP contribution < -0.4 is 5.32 Å². The Labute approximate surface area is 142 Å². The fourth-order valence-electron chi connectivity index (χ4n) is 2.85. The number of aryl methyl sites for hydroxylation is 1. The summed E-state index contributed by atoms with van der Waals surface area (Å²) in [4.78, 5) is 13.9. The van der Waals surface area contributed by atoms with E-state index in [2.05, 4.69) is 35.4 Å². The smallest absolute Gasteiger partial charge is 0.232 e. The minimum absolute atomic E-state index is 0.0470. The van der Waals surface area contributed by atoms with Crippen LogP contribution in [0.15, 0.2) is 21.9 Å². The van der Waals surface area contributed by atoms with Crippen LogP contribution in [0.3, 0.4) is 0 Å². The topological polar surface area (TPSA) is 54.9 Å². The summed E-state index contributed by atoms with van der Waals surface area (Å²) in [6.07, 6.45) is 0.926. The molecule has 0 saturated heterocycles. The first kappa shape index (κ1) is 16.0. The van der Waals surface area contributed by atoms with E-state index in [-0.39, 0.29) is 16.7 Å². The molecule has 1 amide bonds. The third-order valence-corrected chi connectivity index (χ3v) is 7.19. The van der Waals surface area contributed by atoms with Crippen molar-refractivity contribution in [3.8, 4) is 0 Å². The van der Waals surface area contributed by atoms with Gasteiger partial charge in [0.15, 0.2) is 4.34 Å². The second-order valence-corrected chi connectivity index (χ2v) is 9.61. The highest BCUT2D eigenvalue weighted by atomic mass is 32.2. The molecule has 0 spiro atoms. The molecule has 2 aromatic heterocycles. The SMILES string of the molecule is Cc1nnc(SCCNC(=O)C2(c3cccs3)CC2(C)C)s1. The largest absolute Gasteiger partial charge is 0.354 e. The fourth-order valence-corrected chi connectivity index (χ4v) is 5.69. The first-order valence-electron chi connectivity index (χ1n) is 7.21. The van der Waals surface area contributed by atoms with Gasteiger partial charge in [-0.3, -0.25) is 4.79 Å². The number of carbonyl (C=O) groups is 1. The Bertz CT molecular complexity index is 665. The number of aromatic nitrogens is 2. The first-order valence-corrected chi connectivity index (χ1v) is 9.89. The van der Waals surface area contributed by atoms with E-state index in [1.807, 2.05) is 18.4 Å². The van der Waals surface area contributed by atoms with Gasteiger partial charge in [0.2, 0.25) is 5.91 Å². The van der Waals surface area contributed by atoms with E-state index < -0.39 is 0 Å². The zero-order valence-electron chi connectivity index (χ0n) is 12.9. The molecule has 1 saturated carbocycles. The monoisotopic (exact) mass is 353 g/mol. The van der Waals surface area contributed by atoms with Crippen molar-refractivity contribution in [2.24, 2.45) is 5.41 Å². The molecule has 1 unspecified atom stereocenters. The van der Waals surface area contributed by atoms with E-state index in [4.69, 9.17) is 0 Å². The normalized spacial score (nSPS) is 22.5. The van der Waals surface area contributed by atoms with Crippen LogP contribution in [-0.2, 0) is 10.2 Å². The Morgan fingerprint density at radius 3 is 2.77 bits per heavy atom. The first-order chi connectivity index (χ1) is 10.5. The highest BCUT2D eigenvalue weighted by Gasteiger charge is 2.67. The molecule has 4 nitrogen and oxygen atoms in total. The minimum atomic E-state index is -0.328. The third-order valence-electron chi connectivity index (χ3n) is 4.19. The number of thioether (sulfide) groups is 1. The summed E-state index contributed by atoms with van der Waals surface area (Å²) in [5.41, 5.74) is -0.281. The number of rotatable bonds is 6. The van der Waals surface area contributed by atoms with Crippen LogP contribution in [0.4, 0.5) is 0 Å². The van der Waals surface area contributed by atoms with Gasteiger partial charge < -0.3 is 5.32 Å². The standard InChI is InChI=1S/C15H19N3OS3/c1-10-17-18-13(22-10)21-8-6-16-12(19)15(9-14(15,2)3)11-5-4-7-20-11/h4-5,7H,6,8-9H2,1-3H3,(H,16,19). The van der Waals surface area contributed by atoms with E-state index in [9.17, 15) is 4.79 Å². The van der Waals surface area contributed by atoms with Crippen molar-refractivity contribution in [3.63, 3.8) is 0 Å². The number of amides is 1. The summed E-state index contributed by atoms with van der Waals surface area (Å²) in [6, 6.07) is 4.11. The number of nitrogens with one attached hydrogen (secondary N) is 1. The average Bonchev–Trinajstić information content (AvgIpc) is 2.91. The summed E-state index contributed by atoms with van der Waals surface area (Å²) < 4.78 is 0.964. The van der Waals surface area contributed by atoms with Crippen LogP contribution in [0.25, 0.3) is 0 Å². The Morgan fingerprint density at radius 1 is 1.45 bits per heavy atom. The summed E-state index contributed by atoms with van der Waals surface area (Å²) in [7, 11) is 0. The van der Waals surface area contributed by atoms with Gasteiger partial charge in [-0.05, 0) is 30.2 Å². The number of hydrogen-bond donors (Lipinski definition) is 1. The molecule has 1 N–H and O–H groups in total. The van der Waals surface area contributed by atoms with E-state index in [0.717, 1.165) is 21.5 Å². The van der Waals surface area contributed by atoms with Crippen molar-refractivity contribution in [2.75, 3.05) is 12.3 Å². The van der Waals surface area contributed by atoms with Crippen molar-refractivity contribution >= 4 is 40.3 Å². The molecule has 1 aliphatic rings. The van der Waals surface area contributed by atoms with Gasteiger partial charge in [0, 0.05) is 17.2 Å². The summed E-state index contributed by atoms with van der Waals surface area (Å²) in [5.74, 6) is 0.982. The predicted octanol–water partition coefficient (Wildman–Crippen LogP) is 3.48. The van der Waals surface area contributed by atoms with Crippen LogP contribution in [-0.4, -0.2) is 28.4 Å². The molecule has 2 aromatic rings. The van der Waals surface area contributed by atoms with E-state index in [1.54, 1.807) is 34.4 Å². The Morgan fingerprint density at radius 2 is 2.23 bits per heavy atom. The highest BCUT2D eigenvalue weighted by Crippen LogP contribution is 2.65. The lowest BCUT2D eigenvalue weighted by Gasteiger charge is -2.18. The van der Waals surface area contributed by atoms with Gasteiger partial charge in [-0.15, -0.1) is 21.5 Å².